The average molecular weight is 298 g/mol. The normalized spacial score (nSPS) is 11.0. The minimum atomic E-state index is -0.313. The fraction of sp³-hybridized carbons (Fsp3) is 0.294. The molecule has 22 heavy (non-hydrogen) atoms. The van der Waals surface area contributed by atoms with Crippen LogP contribution in [-0.2, 0) is 13.0 Å². The van der Waals surface area contributed by atoms with Gasteiger partial charge in [-0.05, 0) is 25.0 Å². The van der Waals surface area contributed by atoms with E-state index in [2.05, 4.69) is 21.0 Å². The zero-order valence-corrected chi connectivity index (χ0v) is 12.8. The lowest BCUT2D eigenvalue weighted by Gasteiger charge is -2.22. The molecule has 2 heterocycles. The van der Waals surface area contributed by atoms with Gasteiger partial charge in [0.25, 0.3) is 0 Å². The Hall–Kier alpha value is -2.43. The summed E-state index contributed by atoms with van der Waals surface area (Å²) in [6, 6.07) is 8.12. The monoisotopic (exact) mass is 298 g/mol. The third kappa shape index (κ3) is 2.54. The van der Waals surface area contributed by atoms with Crippen LogP contribution in [-0.4, -0.2) is 21.5 Å². The van der Waals surface area contributed by atoms with Crippen LogP contribution in [0.5, 0.6) is 0 Å². The molecule has 5 heteroatoms. The smallest absolute Gasteiger partial charge is 0.187 e. The average Bonchev–Trinajstić information content (AvgIpc) is 2.96. The van der Waals surface area contributed by atoms with E-state index in [1.807, 2.05) is 43.1 Å². The third-order valence-corrected chi connectivity index (χ3v) is 3.90. The van der Waals surface area contributed by atoms with E-state index in [1.165, 1.54) is 6.33 Å². The van der Waals surface area contributed by atoms with E-state index in [-0.39, 0.29) is 5.82 Å². The van der Waals surface area contributed by atoms with Crippen LogP contribution in [0.2, 0.25) is 0 Å². The molecule has 3 aromatic rings. The van der Waals surface area contributed by atoms with Crippen LogP contribution in [0.4, 0.5) is 10.2 Å². The van der Waals surface area contributed by atoms with Crippen molar-refractivity contribution >= 4 is 16.7 Å². The van der Waals surface area contributed by atoms with Crippen molar-refractivity contribution < 1.29 is 4.39 Å². The van der Waals surface area contributed by atoms with E-state index in [0.29, 0.717) is 31.0 Å². The lowest BCUT2D eigenvalue weighted by molar-refractivity contribution is 0.583. The number of halogens is 1. The number of aryl methyl sites for hydroxylation is 1. The van der Waals surface area contributed by atoms with Crippen molar-refractivity contribution in [2.75, 3.05) is 11.4 Å². The van der Waals surface area contributed by atoms with Crippen LogP contribution >= 0.6 is 0 Å². The molecular formula is C17H19FN4. The molecule has 1 aromatic carbocycles. The van der Waals surface area contributed by atoms with Crippen molar-refractivity contribution in [3.05, 3.63) is 53.9 Å². The maximum absolute atomic E-state index is 14.5. The highest BCUT2D eigenvalue weighted by Crippen LogP contribution is 2.24. The Morgan fingerprint density at radius 1 is 1.18 bits per heavy atom. The van der Waals surface area contributed by atoms with Crippen LogP contribution in [0.1, 0.15) is 25.1 Å². The van der Waals surface area contributed by atoms with Crippen molar-refractivity contribution in [3.8, 4) is 0 Å². The number of aromatic amines is 1. The molecular weight excluding hydrogens is 279 g/mol. The number of hydrogen-bond acceptors (Lipinski definition) is 3. The molecule has 0 atom stereocenters. The Kier molecular flexibility index (Phi) is 4.04. The SMILES string of the molecule is CCc1ncnc(N(CC)Cc2c[nH]c3ccccc23)c1F. The third-order valence-electron chi connectivity index (χ3n) is 3.90. The highest BCUT2D eigenvalue weighted by molar-refractivity contribution is 5.83. The fourth-order valence-electron chi connectivity index (χ4n) is 2.67. The van der Waals surface area contributed by atoms with Gasteiger partial charge in [-0.15, -0.1) is 0 Å². The zero-order valence-electron chi connectivity index (χ0n) is 12.8. The highest BCUT2D eigenvalue weighted by Gasteiger charge is 2.17. The second-order valence-electron chi connectivity index (χ2n) is 5.19. The molecule has 3 rings (SSSR count). The molecule has 0 unspecified atom stereocenters. The lowest BCUT2D eigenvalue weighted by Crippen LogP contribution is -2.25. The first-order chi connectivity index (χ1) is 10.7. The summed E-state index contributed by atoms with van der Waals surface area (Å²) in [7, 11) is 0. The molecule has 0 saturated carbocycles. The molecule has 2 aromatic heterocycles. The molecule has 0 amide bonds. The van der Waals surface area contributed by atoms with Gasteiger partial charge in [0.05, 0.1) is 5.69 Å². The molecule has 114 valence electrons. The topological polar surface area (TPSA) is 44.8 Å². The van der Waals surface area contributed by atoms with Gasteiger partial charge in [-0.2, -0.15) is 0 Å². The van der Waals surface area contributed by atoms with Gasteiger partial charge in [-0.25, -0.2) is 14.4 Å². The number of hydrogen-bond donors (Lipinski definition) is 1. The second-order valence-corrected chi connectivity index (χ2v) is 5.19. The van der Waals surface area contributed by atoms with Gasteiger partial charge >= 0.3 is 0 Å². The van der Waals surface area contributed by atoms with Crippen LogP contribution in [0, 0.1) is 5.82 Å². The van der Waals surface area contributed by atoms with E-state index in [0.717, 1.165) is 16.5 Å². The van der Waals surface area contributed by atoms with Gasteiger partial charge in [-0.3, -0.25) is 0 Å². The van der Waals surface area contributed by atoms with Gasteiger partial charge in [0.2, 0.25) is 0 Å². The quantitative estimate of drug-likeness (QED) is 0.781. The van der Waals surface area contributed by atoms with E-state index in [1.54, 1.807) is 0 Å². The van der Waals surface area contributed by atoms with Gasteiger partial charge < -0.3 is 9.88 Å². The minimum Gasteiger partial charge on any atom is -0.361 e. The van der Waals surface area contributed by atoms with Gasteiger partial charge in [0, 0.05) is 30.2 Å². The summed E-state index contributed by atoms with van der Waals surface area (Å²) in [5, 5.41) is 1.16. The Labute approximate surface area is 129 Å². The van der Waals surface area contributed by atoms with E-state index >= 15 is 0 Å². The maximum atomic E-state index is 14.5. The van der Waals surface area contributed by atoms with Crippen molar-refractivity contribution in [3.63, 3.8) is 0 Å². The Morgan fingerprint density at radius 3 is 2.77 bits per heavy atom. The molecule has 0 aliphatic rings. The molecule has 4 nitrogen and oxygen atoms in total. The first kappa shape index (κ1) is 14.5. The number of para-hydroxylation sites is 1. The summed E-state index contributed by atoms with van der Waals surface area (Å²) < 4.78 is 14.5. The second kappa shape index (κ2) is 6.13. The number of rotatable bonds is 5. The van der Waals surface area contributed by atoms with Crippen molar-refractivity contribution in [1.29, 1.82) is 0 Å². The van der Waals surface area contributed by atoms with E-state index in [9.17, 15) is 4.39 Å². The zero-order chi connectivity index (χ0) is 15.5. The Morgan fingerprint density at radius 2 is 2.00 bits per heavy atom. The molecule has 0 saturated heterocycles. The van der Waals surface area contributed by atoms with Crippen LogP contribution < -0.4 is 4.90 Å². The molecule has 0 spiro atoms. The number of fused-ring (bicyclic) bond motifs is 1. The first-order valence-electron chi connectivity index (χ1n) is 7.53. The van der Waals surface area contributed by atoms with Crippen molar-refractivity contribution in [2.24, 2.45) is 0 Å². The lowest BCUT2D eigenvalue weighted by atomic mass is 10.1. The number of H-pyrrole nitrogens is 1. The molecule has 0 aliphatic heterocycles. The molecule has 0 bridgehead atoms. The Balaban J connectivity index is 1.95. The predicted octanol–water partition coefficient (Wildman–Crippen LogP) is 3.69. The largest absolute Gasteiger partial charge is 0.361 e. The Bertz CT molecular complexity index is 781. The summed E-state index contributed by atoms with van der Waals surface area (Å²) >= 11 is 0. The van der Waals surface area contributed by atoms with E-state index < -0.39 is 0 Å². The van der Waals surface area contributed by atoms with Crippen LogP contribution in [0.15, 0.2) is 36.8 Å². The molecule has 0 fully saturated rings. The maximum Gasteiger partial charge on any atom is 0.187 e. The molecule has 0 aliphatic carbocycles. The number of nitrogens with zero attached hydrogens (tertiary/aromatic N) is 3. The van der Waals surface area contributed by atoms with Crippen LogP contribution in [0.3, 0.4) is 0 Å². The summed E-state index contributed by atoms with van der Waals surface area (Å²) in [4.78, 5) is 13.3. The highest BCUT2D eigenvalue weighted by atomic mass is 19.1. The minimum absolute atomic E-state index is 0.313. The standard InChI is InChI=1S/C17H19FN4/c1-3-14-16(18)17(21-11-20-14)22(4-2)10-12-9-19-15-8-6-5-7-13(12)15/h5-9,11,19H,3-4,10H2,1-2H3. The van der Waals surface area contributed by atoms with Crippen molar-refractivity contribution in [1.82, 2.24) is 15.0 Å². The predicted molar refractivity (Wildman–Crippen MR) is 86.4 cm³/mol. The van der Waals surface area contributed by atoms with Gasteiger partial charge in [-0.1, -0.05) is 25.1 Å². The first-order valence-corrected chi connectivity index (χ1v) is 7.53. The summed E-state index contributed by atoms with van der Waals surface area (Å²) in [6.45, 7) is 5.18. The number of nitrogens with one attached hydrogen (secondary N) is 1. The summed E-state index contributed by atoms with van der Waals surface area (Å²) in [6.07, 6.45) is 3.98. The molecule has 1 N–H and O–H groups in total. The number of aromatic nitrogens is 3. The molecule has 0 radical (unpaired) electrons. The van der Waals surface area contributed by atoms with Gasteiger partial charge in [0.1, 0.15) is 6.33 Å². The van der Waals surface area contributed by atoms with E-state index in [4.69, 9.17) is 0 Å². The van der Waals surface area contributed by atoms with Gasteiger partial charge in [0.15, 0.2) is 11.6 Å². The van der Waals surface area contributed by atoms with Crippen LogP contribution in [0.25, 0.3) is 10.9 Å². The number of benzene rings is 1. The summed E-state index contributed by atoms with van der Waals surface area (Å²) in [5.41, 5.74) is 2.68. The summed E-state index contributed by atoms with van der Waals surface area (Å²) in [5.74, 6) is 0.0614. The van der Waals surface area contributed by atoms with Crippen molar-refractivity contribution in [2.45, 2.75) is 26.8 Å². The number of anilines is 1. The fourth-order valence-corrected chi connectivity index (χ4v) is 2.67.